The van der Waals surface area contributed by atoms with Gasteiger partial charge in [0, 0.05) is 32.7 Å². The summed E-state index contributed by atoms with van der Waals surface area (Å²) in [6, 6.07) is 15.6. The number of allylic oxidation sites excluding steroid dienone is 1. The van der Waals surface area contributed by atoms with Crippen molar-refractivity contribution in [2.24, 2.45) is 11.8 Å². The van der Waals surface area contributed by atoms with Gasteiger partial charge in [0.25, 0.3) is 0 Å². The highest BCUT2D eigenvalue weighted by molar-refractivity contribution is 7.89. The van der Waals surface area contributed by atoms with Crippen molar-refractivity contribution in [1.82, 2.24) is 9.21 Å². The van der Waals surface area contributed by atoms with Gasteiger partial charge in [-0.1, -0.05) is 36.4 Å². The molecule has 0 bridgehead atoms. The van der Waals surface area contributed by atoms with Crippen LogP contribution in [-0.2, 0) is 10.0 Å². The Kier molecular flexibility index (Phi) is 7.01. The van der Waals surface area contributed by atoms with Crippen LogP contribution in [0.25, 0.3) is 16.8 Å². The molecule has 3 aromatic rings. The first-order chi connectivity index (χ1) is 18.7. The first kappa shape index (κ1) is 26.8. The van der Waals surface area contributed by atoms with E-state index >= 15 is 0 Å². The Bertz CT molecular complexity index is 1550. The number of nitrogens with zero attached hydrogens (tertiary/aromatic N) is 2. The molecule has 1 saturated carbocycles. The molecule has 4 unspecified atom stereocenters. The zero-order chi connectivity index (χ0) is 27.5. The Morgan fingerprint density at radius 1 is 1.10 bits per heavy atom. The summed E-state index contributed by atoms with van der Waals surface area (Å²) in [4.78, 5) is 2.43. The zero-order valence-electron chi connectivity index (χ0n) is 22.5. The lowest BCUT2D eigenvalue weighted by Crippen LogP contribution is -2.37. The van der Waals surface area contributed by atoms with Crippen LogP contribution < -0.4 is 4.74 Å². The van der Waals surface area contributed by atoms with Gasteiger partial charge >= 0.3 is 0 Å². The van der Waals surface area contributed by atoms with Crippen LogP contribution in [0.2, 0.25) is 0 Å². The van der Waals surface area contributed by atoms with Gasteiger partial charge in [-0.15, -0.1) is 11.6 Å². The number of hydrogen-bond acceptors (Lipinski definition) is 5. The molecule has 0 radical (unpaired) electrons. The third kappa shape index (κ3) is 4.68. The second-order valence-electron chi connectivity index (χ2n) is 11.2. The predicted octanol–water partition coefficient (Wildman–Crippen LogP) is 5.91. The van der Waals surface area contributed by atoms with E-state index < -0.39 is 16.1 Å². The number of aliphatic hydroxyl groups excluding tert-OH is 1. The highest BCUT2D eigenvalue weighted by Crippen LogP contribution is 2.56. The predicted molar refractivity (Wildman–Crippen MR) is 156 cm³/mol. The molecule has 8 heteroatoms. The van der Waals surface area contributed by atoms with E-state index in [4.69, 9.17) is 16.3 Å². The second-order valence-corrected chi connectivity index (χ2v) is 13.8. The maximum Gasteiger partial charge on any atom is 0.242 e. The van der Waals surface area contributed by atoms with Gasteiger partial charge in [-0.25, -0.2) is 12.7 Å². The van der Waals surface area contributed by atoms with Crippen LogP contribution in [0.4, 0.5) is 0 Å². The highest BCUT2D eigenvalue weighted by atomic mass is 35.5. The summed E-state index contributed by atoms with van der Waals surface area (Å²) in [5, 5.41) is 13.9. The van der Waals surface area contributed by atoms with Crippen molar-refractivity contribution < 1.29 is 18.3 Å². The standard InChI is InChI=1S/C31H35ClN2O4S/c1-33(2)39(36,37)27-11-10-23(38-3)18-26(27)30(35)19-12-14-34(15-13-19)31(32)29-24-7-5-4-6-20(24)16-22-9-8-21-17-25(21)28(22)29/h4-11,16,18-19,21,25,30-31,35H,12-15,17H2,1-3H3. The first-order valence-corrected chi connectivity index (χ1v) is 15.5. The third-order valence-electron chi connectivity index (χ3n) is 8.77. The summed E-state index contributed by atoms with van der Waals surface area (Å²) in [5.41, 5.74) is 4.04. The minimum atomic E-state index is -3.73. The minimum absolute atomic E-state index is 0.0921. The number of alkyl halides is 1. The molecular weight excluding hydrogens is 532 g/mol. The van der Waals surface area contributed by atoms with Crippen LogP contribution in [0.3, 0.4) is 0 Å². The summed E-state index contributed by atoms with van der Waals surface area (Å²) in [5.74, 6) is 1.60. The Labute approximate surface area is 235 Å². The van der Waals surface area contributed by atoms with Gasteiger partial charge in [0.1, 0.15) is 11.3 Å². The van der Waals surface area contributed by atoms with E-state index in [9.17, 15) is 13.5 Å². The quantitative estimate of drug-likeness (QED) is 0.284. The summed E-state index contributed by atoms with van der Waals surface area (Å²) in [6.07, 6.45) is 6.28. The Morgan fingerprint density at radius 3 is 2.56 bits per heavy atom. The number of halogens is 1. The van der Waals surface area contributed by atoms with E-state index in [1.165, 1.54) is 65.5 Å². The number of aliphatic hydroxyl groups is 1. The molecule has 1 N–H and O–H groups in total. The average Bonchev–Trinajstić information content (AvgIpc) is 3.75. The molecule has 0 spiro atoms. The van der Waals surface area contributed by atoms with Crippen LogP contribution in [0.15, 0.2) is 59.5 Å². The average molecular weight is 567 g/mol. The van der Waals surface area contributed by atoms with Crippen molar-refractivity contribution in [3.8, 4) is 5.75 Å². The second kappa shape index (κ2) is 10.2. The van der Waals surface area contributed by atoms with E-state index in [0.29, 0.717) is 36.0 Å². The number of rotatable bonds is 7. The monoisotopic (exact) mass is 566 g/mol. The molecule has 206 valence electrons. The van der Waals surface area contributed by atoms with Gasteiger partial charge in [0.2, 0.25) is 10.0 Å². The molecule has 3 aromatic carbocycles. The van der Waals surface area contributed by atoms with E-state index in [0.717, 1.165) is 13.1 Å². The van der Waals surface area contributed by atoms with Crippen LogP contribution in [0, 0.1) is 11.8 Å². The van der Waals surface area contributed by atoms with Crippen molar-refractivity contribution in [3.05, 3.63) is 76.9 Å². The lowest BCUT2D eigenvalue weighted by Gasteiger charge is -2.38. The zero-order valence-corrected chi connectivity index (χ0v) is 24.1. The third-order valence-corrected chi connectivity index (χ3v) is 11.2. The van der Waals surface area contributed by atoms with E-state index in [2.05, 4.69) is 47.4 Å². The molecule has 1 heterocycles. The van der Waals surface area contributed by atoms with E-state index in [-0.39, 0.29) is 16.3 Å². The van der Waals surface area contributed by atoms with Gasteiger partial charge < -0.3 is 9.84 Å². The minimum Gasteiger partial charge on any atom is -0.497 e. The normalized spacial score (nSPS) is 22.9. The molecule has 1 aliphatic heterocycles. The molecular formula is C31H35ClN2O4S. The molecule has 6 nitrogen and oxygen atoms in total. The van der Waals surface area contributed by atoms with Crippen molar-refractivity contribution in [3.63, 3.8) is 0 Å². The number of sulfonamides is 1. The molecule has 6 rings (SSSR count). The number of likely N-dealkylation sites (tertiary alicyclic amines) is 1. The highest BCUT2D eigenvalue weighted by Gasteiger charge is 2.43. The van der Waals surface area contributed by atoms with Gasteiger partial charge in [-0.2, -0.15) is 0 Å². The smallest absolute Gasteiger partial charge is 0.242 e. The molecule has 1 saturated heterocycles. The fourth-order valence-electron chi connectivity index (χ4n) is 6.42. The van der Waals surface area contributed by atoms with Crippen molar-refractivity contribution in [2.45, 2.75) is 41.7 Å². The molecule has 0 amide bonds. The van der Waals surface area contributed by atoms with Crippen molar-refractivity contribution in [1.29, 1.82) is 0 Å². The summed E-state index contributed by atoms with van der Waals surface area (Å²) in [6.45, 7) is 1.44. The molecule has 39 heavy (non-hydrogen) atoms. The molecule has 0 aromatic heterocycles. The van der Waals surface area contributed by atoms with Gasteiger partial charge in [0.05, 0.1) is 18.1 Å². The maximum atomic E-state index is 13.0. The Balaban J connectivity index is 1.27. The molecule has 2 aliphatic carbocycles. The fraction of sp³-hybridized carbons (Fsp3) is 0.419. The fourth-order valence-corrected chi connectivity index (χ4v) is 7.96. The van der Waals surface area contributed by atoms with Gasteiger partial charge in [0.15, 0.2) is 0 Å². The maximum absolute atomic E-state index is 13.0. The van der Waals surface area contributed by atoms with E-state index in [1.54, 1.807) is 12.1 Å². The number of ether oxygens (including phenoxy) is 1. The Morgan fingerprint density at radius 2 is 1.85 bits per heavy atom. The van der Waals surface area contributed by atoms with Gasteiger partial charge in [-0.05, 0) is 88.7 Å². The van der Waals surface area contributed by atoms with Crippen LogP contribution in [-0.4, -0.2) is 57.0 Å². The molecule has 3 aliphatic rings. The summed E-state index contributed by atoms with van der Waals surface area (Å²) >= 11 is 7.33. The number of hydrogen-bond donors (Lipinski definition) is 1. The van der Waals surface area contributed by atoms with Crippen molar-refractivity contribution in [2.75, 3.05) is 34.3 Å². The first-order valence-electron chi connectivity index (χ1n) is 13.6. The summed E-state index contributed by atoms with van der Waals surface area (Å²) < 4.78 is 32.6. The lowest BCUT2D eigenvalue weighted by molar-refractivity contribution is 0.0529. The number of fused-ring (bicyclic) bond motifs is 4. The molecule has 2 fully saturated rings. The number of piperidine rings is 1. The van der Waals surface area contributed by atoms with Crippen LogP contribution >= 0.6 is 11.6 Å². The van der Waals surface area contributed by atoms with Crippen molar-refractivity contribution >= 4 is 38.5 Å². The Hall–Kier alpha value is -2.42. The van der Waals surface area contributed by atoms with Gasteiger partial charge in [-0.3, -0.25) is 4.90 Å². The topological polar surface area (TPSA) is 70.1 Å². The summed E-state index contributed by atoms with van der Waals surface area (Å²) in [7, 11) is 0.812. The molecule has 4 atom stereocenters. The lowest BCUT2D eigenvalue weighted by atomic mass is 9.85. The van der Waals surface area contributed by atoms with Crippen LogP contribution in [0.5, 0.6) is 5.75 Å². The number of benzene rings is 3. The SMILES string of the molecule is COc1ccc(S(=O)(=O)N(C)C)c(C(O)C2CCN(C(Cl)c3c4c(cc5ccccc35)C=CC3CC43)CC2)c1. The van der Waals surface area contributed by atoms with Crippen LogP contribution in [0.1, 0.15) is 59.0 Å². The van der Waals surface area contributed by atoms with E-state index in [1.807, 2.05) is 0 Å². The largest absolute Gasteiger partial charge is 0.497 e. The number of methoxy groups -OCH3 is 1.